The van der Waals surface area contributed by atoms with Crippen LogP contribution in [0.2, 0.25) is 0 Å². The quantitative estimate of drug-likeness (QED) is 0.671. The first kappa shape index (κ1) is 16.3. The first-order valence-corrected chi connectivity index (χ1v) is 7.78. The van der Waals surface area contributed by atoms with Gasteiger partial charge in [-0.15, -0.1) is 11.6 Å². The topological polar surface area (TPSA) is 41.6 Å². The summed E-state index contributed by atoms with van der Waals surface area (Å²) in [4.78, 5) is 17.6. The molecule has 1 aromatic carbocycles. The number of carbonyl (C=O) groups excluding carboxylic acids is 1. The van der Waals surface area contributed by atoms with Gasteiger partial charge in [0.1, 0.15) is 0 Å². The second-order valence-corrected chi connectivity index (χ2v) is 6.19. The summed E-state index contributed by atoms with van der Waals surface area (Å²) in [7, 11) is 1.95. The Balaban J connectivity index is 2.01. The molecule has 0 aliphatic heterocycles. The van der Waals surface area contributed by atoms with E-state index in [9.17, 15) is 4.79 Å². The van der Waals surface area contributed by atoms with Gasteiger partial charge in [-0.1, -0.05) is 25.1 Å². The average molecular weight is 311 g/mol. The molecule has 4 atom stereocenters. The van der Waals surface area contributed by atoms with Gasteiger partial charge in [-0.05, 0) is 31.5 Å². The summed E-state index contributed by atoms with van der Waals surface area (Å²) in [6.07, 6.45) is 0.898. The Morgan fingerprint density at radius 1 is 1.43 bits per heavy atom. The maximum Gasteiger partial charge on any atom is 0.247 e. The molecule has 116 valence electrons. The van der Waals surface area contributed by atoms with Crippen LogP contribution in [-0.2, 0) is 9.63 Å². The number of benzene rings is 1. The Labute approximate surface area is 131 Å². The van der Waals surface area contributed by atoms with E-state index in [4.69, 9.17) is 16.4 Å². The van der Waals surface area contributed by atoms with Crippen LogP contribution in [0, 0.1) is 11.8 Å². The number of hydrogen-bond acceptors (Lipinski definition) is 3. The highest BCUT2D eigenvalue weighted by Gasteiger charge is 2.39. The molecular formula is C16H23ClN2O2. The number of nitrogens with zero attached hydrogens (tertiary/aromatic N) is 1. The monoisotopic (exact) mass is 310 g/mol. The van der Waals surface area contributed by atoms with Crippen molar-refractivity contribution in [3.05, 3.63) is 30.3 Å². The van der Waals surface area contributed by atoms with E-state index in [2.05, 4.69) is 12.2 Å². The number of alkyl halides is 1. The van der Waals surface area contributed by atoms with Crippen LogP contribution in [0.4, 0.5) is 5.69 Å². The standard InChI is InChI=1S/C16H23ClN2O2/c1-11-15(17)9-13(16(11)18-3)10-21-19(12(2)20)14-7-5-4-6-8-14/h4-8,11,13,15-16,18H,9-10H2,1-3H3. The van der Waals surface area contributed by atoms with E-state index < -0.39 is 0 Å². The minimum absolute atomic E-state index is 0.129. The molecule has 1 aliphatic rings. The van der Waals surface area contributed by atoms with Crippen molar-refractivity contribution in [3.8, 4) is 0 Å². The molecule has 0 aromatic heterocycles. The van der Waals surface area contributed by atoms with Crippen LogP contribution in [-0.4, -0.2) is 31.0 Å². The van der Waals surface area contributed by atoms with Crippen LogP contribution in [0.1, 0.15) is 20.3 Å². The van der Waals surface area contributed by atoms with Gasteiger partial charge in [-0.25, -0.2) is 0 Å². The SMILES string of the molecule is CNC1C(CON(C(C)=O)c2ccccc2)CC(Cl)C1C. The van der Waals surface area contributed by atoms with Crippen molar-refractivity contribution < 1.29 is 9.63 Å². The van der Waals surface area contributed by atoms with Crippen LogP contribution >= 0.6 is 11.6 Å². The van der Waals surface area contributed by atoms with E-state index in [0.29, 0.717) is 24.5 Å². The molecule has 2 rings (SSSR count). The summed E-state index contributed by atoms with van der Waals surface area (Å²) in [5, 5.41) is 4.83. The number of hydroxylamine groups is 1. The van der Waals surface area contributed by atoms with Gasteiger partial charge in [0.25, 0.3) is 0 Å². The normalized spacial score (nSPS) is 28.6. The molecule has 21 heavy (non-hydrogen) atoms. The lowest BCUT2D eigenvalue weighted by atomic mass is 10.00. The largest absolute Gasteiger partial charge is 0.316 e. The molecule has 1 aliphatic carbocycles. The summed E-state index contributed by atoms with van der Waals surface area (Å²) in [5.41, 5.74) is 0.750. The van der Waals surface area contributed by atoms with Crippen LogP contribution in [0.15, 0.2) is 30.3 Å². The zero-order chi connectivity index (χ0) is 15.4. The third-order valence-electron chi connectivity index (χ3n) is 4.20. The van der Waals surface area contributed by atoms with Crippen LogP contribution in [0.5, 0.6) is 0 Å². The van der Waals surface area contributed by atoms with E-state index in [0.717, 1.165) is 12.1 Å². The van der Waals surface area contributed by atoms with Gasteiger partial charge in [0.15, 0.2) is 0 Å². The number of carbonyl (C=O) groups is 1. The Morgan fingerprint density at radius 3 is 2.67 bits per heavy atom. The highest BCUT2D eigenvalue weighted by Crippen LogP contribution is 2.35. The van der Waals surface area contributed by atoms with Crippen molar-refractivity contribution in [1.82, 2.24) is 5.32 Å². The zero-order valence-corrected chi connectivity index (χ0v) is 13.5. The predicted molar refractivity (Wildman–Crippen MR) is 85.3 cm³/mol. The molecular weight excluding hydrogens is 288 g/mol. The van der Waals surface area contributed by atoms with Gasteiger partial charge in [0.05, 0.1) is 12.3 Å². The van der Waals surface area contributed by atoms with Gasteiger partial charge in [-0.2, -0.15) is 5.06 Å². The first-order chi connectivity index (χ1) is 10.0. The molecule has 0 bridgehead atoms. The fraction of sp³-hybridized carbons (Fsp3) is 0.562. The maximum atomic E-state index is 11.8. The maximum absolute atomic E-state index is 11.8. The summed E-state index contributed by atoms with van der Waals surface area (Å²) >= 11 is 6.35. The average Bonchev–Trinajstić information content (AvgIpc) is 2.74. The fourth-order valence-corrected chi connectivity index (χ4v) is 3.44. The van der Waals surface area contributed by atoms with Gasteiger partial charge >= 0.3 is 0 Å². The second-order valence-electron chi connectivity index (χ2n) is 5.63. The highest BCUT2D eigenvalue weighted by molar-refractivity contribution is 6.21. The number of para-hydroxylation sites is 1. The third-order valence-corrected chi connectivity index (χ3v) is 4.78. The summed E-state index contributed by atoms with van der Waals surface area (Å²) in [6, 6.07) is 9.72. The Hall–Kier alpha value is -1.10. The summed E-state index contributed by atoms with van der Waals surface area (Å²) in [5.74, 6) is 0.571. The van der Waals surface area contributed by atoms with Gasteiger partial charge < -0.3 is 5.32 Å². The van der Waals surface area contributed by atoms with Gasteiger partial charge in [0.2, 0.25) is 5.91 Å². The van der Waals surface area contributed by atoms with Crippen molar-refractivity contribution in [1.29, 1.82) is 0 Å². The second kappa shape index (κ2) is 7.25. The number of hydrogen-bond donors (Lipinski definition) is 1. The van der Waals surface area contributed by atoms with Gasteiger partial charge in [0, 0.05) is 24.3 Å². The first-order valence-electron chi connectivity index (χ1n) is 7.34. The van der Waals surface area contributed by atoms with E-state index in [-0.39, 0.29) is 11.3 Å². The lowest BCUT2D eigenvalue weighted by molar-refractivity contribution is -0.124. The van der Waals surface area contributed by atoms with E-state index >= 15 is 0 Å². The highest BCUT2D eigenvalue weighted by atomic mass is 35.5. The molecule has 4 unspecified atom stereocenters. The molecule has 5 heteroatoms. The molecule has 1 fully saturated rings. The molecule has 4 nitrogen and oxygen atoms in total. The third kappa shape index (κ3) is 3.76. The van der Waals surface area contributed by atoms with Crippen molar-refractivity contribution in [2.24, 2.45) is 11.8 Å². The molecule has 0 heterocycles. The van der Waals surface area contributed by atoms with E-state index in [1.54, 1.807) is 0 Å². The number of rotatable bonds is 5. The molecule has 0 spiro atoms. The van der Waals surface area contributed by atoms with Crippen LogP contribution in [0.25, 0.3) is 0 Å². The molecule has 0 radical (unpaired) electrons. The van der Waals surface area contributed by atoms with Crippen molar-refractivity contribution >= 4 is 23.2 Å². The lowest BCUT2D eigenvalue weighted by Gasteiger charge is -2.26. The molecule has 1 aromatic rings. The Kier molecular flexibility index (Phi) is 5.62. The minimum Gasteiger partial charge on any atom is -0.316 e. The van der Waals surface area contributed by atoms with Gasteiger partial charge in [-0.3, -0.25) is 9.63 Å². The Morgan fingerprint density at radius 2 is 2.10 bits per heavy atom. The smallest absolute Gasteiger partial charge is 0.247 e. The number of anilines is 1. The predicted octanol–water partition coefficient (Wildman–Crippen LogP) is 2.82. The number of amides is 1. The fourth-order valence-electron chi connectivity index (χ4n) is 3.06. The van der Waals surface area contributed by atoms with Crippen LogP contribution in [0.3, 0.4) is 0 Å². The number of halogens is 1. The molecule has 1 amide bonds. The minimum atomic E-state index is -0.129. The van der Waals surface area contributed by atoms with E-state index in [1.807, 2.05) is 37.4 Å². The summed E-state index contributed by atoms with van der Waals surface area (Å²) < 4.78 is 0. The van der Waals surface area contributed by atoms with Crippen molar-refractivity contribution in [3.63, 3.8) is 0 Å². The van der Waals surface area contributed by atoms with Crippen molar-refractivity contribution in [2.45, 2.75) is 31.7 Å². The zero-order valence-electron chi connectivity index (χ0n) is 12.8. The molecule has 0 saturated heterocycles. The van der Waals surface area contributed by atoms with Crippen molar-refractivity contribution in [2.75, 3.05) is 18.7 Å². The Bertz CT molecular complexity index is 469. The summed E-state index contributed by atoms with van der Waals surface area (Å²) in [6.45, 7) is 4.14. The lowest BCUT2D eigenvalue weighted by Crippen LogP contribution is -2.39. The molecule has 1 N–H and O–H groups in total. The molecule has 1 saturated carbocycles. The van der Waals surface area contributed by atoms with E-state index in [1.165, 1.54) is 12.0 Å². The van der Waals surface area contributed by atoms with Crippen LogP contribution < -0.4 is 10.4 Å². The number of nitrogens with one attached hydrogen (secondary N) is 1.